The first kappa shape index (κ1) is 14.9. The summed E-state index contributed by atoms with van der Waals surface area (Å²) < 4.78 is 0. The smallest absolute Gasteiger partial charge is 0.215 e. The van der Waals surface area contributed by atoms with E-state index in [1.54, 1.807) is 6.92 Å². The molecule has 0 aromatic rings. The summed E-state index contributed by atoms with van der Waals surface area (Å²) in [4.78, 5) is 11.2. The Morgan fingerprint density at radius 1 is 1.56 bits per heavy atom. The summed E-state index contributed by atoms with van der Waals surface area (Å²) in [5.41, 5.74) is 0.657. The molecule has 0 amide bonds. The molecule has 1 aliphatic heterocycles. The maximum Gasteiger partial charge on any atom is 0.215 e. The molecule has 0 aliphatic carbocycles. The van der Waals surface area contributed by atoms with E-state index < -0.39 is 0 Å². The van der Waals surface area contributed by atoms with E-state index in [0.717, 1.165) is 10.3 Å². The van der Waals surface area contributed by atoms with Gasteiger partial charge in [0.1, 0.15) is 0 Å². The average molecular weight is 295 g/mol. The number of thioether (sulfide) groups is 4. The number of hydrogen-bond donors (Lipinski definition) is 0. The van der Waals surface area contributed by atoms with Crippen LogP contribution in [0.15, 0.2) is 12.2 Å². The van der Waals surface area contributed by atoms with Crippen LogP contribution < -0.4 is 0 Å². The molecule has 92 valence electrons. The molecule has 1 fully saturated rings. The first-order chi connectivity index (χ1) is 7.70. The number of carbonyl (C=O) groups is 1. The van der Waals surface area contributed by atoms with Crippen LogP contribution >= 0.6 is 47.0 Å². The van der Waals surface area contributed by atoms with Crippen molar-refractivity contribution in [3.63, 3.8) is 0 Å². The van der Waals surface area contributed by atoms with E-state index in [-0.39, 0.29) is 5.12 Å². The quantitative estimate of drug-likeness (QED) is 0.398. The van der Waals surface area contributed by atoms with E-state index in [1.165, 1.54) is 41.2 Å². The third kappa shape index (κ3) is 6.52. The van der Waals surface area contributed by atoms with E-state index in [9.17, 15) is 4.79 Å². The van der Waals surface area contributed by atoms with Gasteiger partial charge in [-0.1, -0.05) is 18.3 Å². The van der Waals surface area contributed by atoms with Crippen LogP contribution in [0.4, 0.5) is 0 Å². The SMILES string of the molecule is C=C(C)C(=O)SCSCCCC1CSCS1. The van der Waals surface area contributed by atoms with Gasteiger partial charge in [0.25, 0.3) is 0 Å². The predicted octanol–water partition coefficient (Wildman–Crippen LogP) is 4.10. The zero-order valence-corrected chi connectivity index (χ0v) is 12.8. The zero-order chi connectivity index (χ0) is 11.8. The fraction of sp³-hybridized carbons (Fsp3) is 0.727. The summed E-state index contributed by atoms with van der Waals surface area (Å²) in [6.45, 7) is 5.41. The lowest BCUT2D eigenvalue weighted by molar-refractivity contribution is -0.107. The van der Waals surface area contributed by atoms with Crippen LogP contribution in [0.3, 0.4) is 0 Å². The normalized spacial score (nSPS) is 19.9. The van der Waals surface area contributed by atoms with E-state index in [0.29, 0.717) is 5.57 Å². The highest BCUT2D eigenvalue weighted by atomic mass is 32.2. The molecule has 1 saturated heterocycles. The minimum Gasteiger partial charge on any atom is -0.282 e. The molecule has 0 radical (unpaired) electrons. The van der Waals surface area contributed by atoms with Crippen molar-refractivity contribution in [2.45, 2.75) is 25.0 Å². The molecule has 1 heterocycles. The van der Waals surface area contributed by atoms with E-state index >= 15 is 0 Å². The number of carbonyl (C=O) groups excluding carboxylic acids is 1. The molecule has 0 saturated carbocycles. The van der Waals surface area contributed by atoms with Crippen molar-refractivity contribution in [3.8, 4) is 0 Å². The van der Waals surface area contributed by atoms with Crippen molar-refractivity contribution in [2.75, 3.05) is 21.7 Å². The highest BCUT2D eigenvalue weighted by molar-refractivity contribution is 8.24. The summed E-state index contributed by atoms with van der Waals surface area (Å²) in [5.74, 6) is 2.51. The molecule has 1 unspecified atom stereocenters. The first-order valence-electron chi connectivity index (χ1n) is 5.30. The Kier molecular flexibility index (Phi) is 8.21. The Balaban J connectivity index is 1.88. The summed E-state index contributed by atoms with van der Waals surface area (Å²) in [6.07, 6.45) is 2.62. The maximum absolute atomic E-state index is 11.2. The minimum atomic E-state index is 0.134. The average Bonchev–Trinajstić information content (AvgIpc) is 2.75. The molecular formula is C11H18OS4. The summed E-state index contributed by atoms with van der Waals surface area (Å²) in [7, 11) is 0. The molecule has 16 heavy (non-hydrogen) atoms. The first-order valence-corrected chi connectivity index (χ1v) is 9.64. The second-order valence-electron chi connectivity index (χ2n) is 3.66. The lowest BCUT2D eigenvalue weighted by Crippen LogP contribution is -2.01. The molecule has 0 spiro atoms. The van der Waals surface area contributed by atoms with Crippen LogP contribution in [0.5, 0.6) is 0 Å². The van der Waals surface area contributed by atoms with Gasteiger partial charge in [-0.25, -0.2) is 0 Å². The standard InChI is InChI=1S/C11H18OS4/c1-9(2)11(12)16-7-13-5-3-4-10-6-14-8-15-10/h10H,1,3-8H2,2H3. The monoisotopic (exact) mass is 294 g/mol. The molecule has 1 atom stereocenters. The van der Waals surface area contributed by atoms with E-state index in [4.69, 9.17) is 0 Å². The van der Waals surface area contributed by atoms with E-state index in [2.05, 4.69) is 30.1 Å². The second kappa shape index (κ2) is 8.84. The predicted molar refractivity (Wildman–Crippen MR) is 82.7 cm³/mol. The third-order valence-corrected chi connectivity index (χ3v) is 7.39. The summed E-state index contributed by atoms with van der Waals surface area (Å²) >= 11 is 7.40. The number of hydrogen-bond acceptors (Lipinski definition) is 5. The van der Waals surface area contributed by atoms with Gasteiger partial charge in [-0.2, -0.15) is 11.8 Å². The lowest BCUT2D eigenvalue weighted by atomic mass is 10.3. The van der Waals surface area contributed by atoms with Gasteiger partial charge in [-0.3, -0.25) is 4.79 Å². The molecule has 0 bridgehead atoms. The number of rotatable bonds is 7. The van der Waals surface area contributed by atoms with Crippen LogP contribution in [-0.4, -0.2) is 32.0 Å². The molecule has 0 aromatic heterocycles. The Morgan fingerprint density at radius 3 is 3.00 bits per heavy atom. The van der Waals surface area contributed by atoms with Crippen LogP contribution in [-0.2, 0) is 4.79 Å². The lowest BCUT2D eigenvalue weighted by Gasteiger charge is -2.06. The fourth-order valence-electron chi connectivity index (χ4n) is 1.23. The van der Waals surface area contributed by atoms with Crippen molar-refractivity contribution in [2.24, 2.45) is 0 Å². The highest BCUT2D eigenvalue weighted by Crippen LogP contribution is 2.32. The van der Waals surface area contributed by atoms with Crippen LogP contribution in [0.2, 0.25) is 0 Å². The van der Waals surface area contributed by atoms with E-state index in [1.807, 2.05) is 11.8 Å². The summed E-state index contributed by atoms with van der Waals surface area (Å²) in [5, 5.41) is 3.17. The maximum atomic E-state index is 11.2. The highest BCUT2D eigenvalue weighted by Gasteiger charge is 2.14. The molecule has 1 aliphatic rings. The van der Waals surface area contributed by atoms with Gasteiger partial charge >= 0.3 is 0 Å². The van der Waals surface area contributed by atoms with Gasteiger partial charge in [-0.15, -0.1) is 23.5 Å². The van der Waals surface area contributed by atoms with Crippen LogP contribution in [0, 0.1) is 0 Å². The van der Waals surface area contributed by atoms with Gasteiger partial charge in [0.15, 0.2) is 0 Å². The molecule has 0 aromatic carbocycles. The van der Waals surface area contributed by atoms with Gasteiger partial charge in [0.2, 0.25) is 5.12 Å². The van der Waals surface area contributed by atoms with Gasteiger partial charge in [0, 0.05) is 21.2 Å². The largest absolute Gasteiger partial charge is 0.282 e. The topological polar surface area (TPSA) is 17.1 Å². The third-order valence-electron chi connectivity index (χ3n) is 2.13. The molecule has 1 nitrogen and oxygen atoms in total. The van der Waals surface area contributed by atoms with Crippen LogP contribution in [0.1, 0.15) is 19.8 Å². The Hall–Kier alpha value is 0.810. The summed E-state index contributed by atoms with van der Waals surface area (Å²) in [6, 6.07) is 0. The van der Waals surface area contributed by atoms with Gasteiger partial charge in [-0.05, 0) is 31.1 Å². The molecule has 0 N–H and O–H groups in total. The second-order valence-corrected chi connectivity index (χ2v) is 8.76. The Morgan fingerprint density at radius 2 is 2.38 bits per heavy atom. The molecule has 1 rings (SSSR count). The van der Waals surface area contributed by atoms with Gasteiger partial charge in [0.05, 0.1) is 0 Å². The van der Waals surface area contributed by atoms with Crippen molar-refractivity contribution >= 4 is 52.2 Å². The van der Waals surface area contributed by atoms with Gasteiger partial charge < -0.3 is 0 Å². The molecule has 5 heteroatoms. The van der Waals surface area contributed by atoms with Crippen molar-refractivity contribution < 1.29 is 4.79 Å². The van der Waals surface area contributed by atoms with Crippen molar-refractivity contribution in [3.05, 3.63) is 12.2 Å². The Bertz CT molecular complexity index is 236. The van der Waals surface area contributed by atoms with Crippen molar-refractivity contribution in [1.29, 1.82) is 0 Å². The molecular weight excluding hydrogens is 276 g/mol. The Labute approximate surface area is 115 Å². The van der Waals surface area contributed by atoms with Crippen LogP contribution in [0.25, 0.3) is 0 Å². The minimum absolute atomic E-state index is 0.134. The zero-order valence-electron chi connectivity index (χ0n) is 9.57. The fourth-order valence-corrected chi connectivity index (χ4v) is 6.06. The van der Waals surface area contributed by atoms with Crippen molar-refractivity contribution in [1.82, 2.24) is 0 Å².